The second kappa shape index (κ2) is 9.50. The van der Waals surface area contributed by atoms with Crippen molar-refractivity contribution in [2.75, 3.05) is 45.3 Å². The van der Waals surface area contributed by atoms with Crippen molar-refractivity contribution >= 4 is 27.6 Å². The van der Waals surface area contributed by atoms with Crippen molar-refractivity contribution in [3.05, 3.63) is 54.1 Å². The fourth-order valence-electron chi connectivity index (χ4n) is 3.84. The first-order valence-electron chi connectivity index (χ1n) is 10.7. The number of morpholine rings is 1. The molecule has 0 atom stereocenters. The third kappa shape index (κ3) is 4.87. The summed E-state index contributed by atoms with van der Waals surface area (Å²) in [5, 5.41) is 2.60. The Hall–Kier alpha value is -2.95. The van der Waals surface area contributed by atoms with Crippen LogP contribution in [0, 0.1) is 0 Å². The van der Waals surface area contributed by atoms with E-state index < -0.39 is 33.9 Å². The van der Waals surface area contributed by atoms with Crippen molar-refractivity contribution in [2.24, 2.45) is 0 Å². The lowest BCUT2D eigenvalue weighted by Crippen LogP contribution is -2.40. The molecule has 1 saturated carbocycles. The van der Waals surface area contributed by atoms with E-state index in [2.05, 4.69) is 5.32 Å². The lowest BCUT2D eigenvalue weighted by atomic mass is 9.96. The minimum atomic E-state index is -3.84. The second-order valence-electron chi connectivity index (χ2n) is 7.95. The van der Waals surface area contributed by atoms with E-state index in [0.717, 1.165) is 5.56 Å². The molecular weight excluding hydrogens is 448 g/mol. The van der Waals surface area contributed by atoms with E-state index in [0.29, 0.717) is 26.1 Å². The highest BCUT2D eigenvalue weighted by Gasteiger charge is 2.52. The number of rotatable bonds is 8. The van der Waals surface area contributed by atoms with Crippen LogP contribution in [0.3, 0.4) is 0 Å². The molecule has 33 heavy (non-hydrogen) atoms. The molecule has 1 amide bonds. The summed E-state index contributed by atoms with van der Waals surface area (Å²) in [6.45, 7) is 0.634. The molecule has 10 heteroatoms. The normalized spacial score (nSPS) is 17.7. The van der Waals surface area contributed by atoms with E-state index in [1.165, 1.54) is 29.6 Å². The summed E-state index contributed by atoms with van der Waals surface area (Å²) >= 11 is 0. The number of methoxy groups -OCH3 is 1. The third-order valence-electron chi connectivity index (χ3n) is 5.84. The van der Waals surface area contributed by atoms with Gasteiger partial charge in [0.2, 0.25) is 10.0 Å². The predicted molar refractivity (Wildman–Crippen MR) is 120 cm³/mol. The van der Waals surface area contributed by atoms with Gasteiger partial charge in [-0.2, -0.15) is 4.31 Å². The maximum absolute atomic E-state index is 13.1. The lowest BCUT2D eigenvalue weighted by Gasteiger charge is -2.26. The van der Waals surface area contributed by atoms with Crippen molar-refractivity contribution < 1.29 is 32.2 Å². The lowest BCUT2D eigenvalue weighted by molar-refractivity contribution is -0.150. The summed E-state index contributed by atoms with van der Waals surface area (Å²) < 4.78 is 43.2. The first-order valence-corrected chi connectivity index (χ1v) is 12.1. The molecule has 1 saturated heterocycles. The molecule has 9 nitrogen and oxygen atoms in total. The van der Waals surface area contributed by atoms with Gasteiger partial charge in [0, 0.05) is 18.8 Å². The van der Waals surface area contributed by atoms with Crippen LogP contribution in [0.1, 0.15) is 18.4 Å². The number of hydrogen-bond donors (Lipinski definition) is 1. The minimum absolute atomic E-state index is 0.0531. The highest BCUT2D eigenvalue weighted by atomic mass is 32.2. The molecule has 2 aromatic rings. The minimum Gasteiger partial charge on any atom is -0.495 e. The van der Waals surface area contributed by atoms with E-state index >= 15 is 0 Å². The van der Waals surface area contributed by atoms with E-state index in [1.54, 1.807) is 0 Å². The number of esters is 1. The molecular formula is C23H26N2O7S. The molecule has 2 fully saturated rings. The Morgan fingerprint density at radius 3 is 2.42 bits per heavy atom. The predicted octanol–water partition coefficient (Wildman–Crippen LogP) is 1.93. The van der Waals surface area contributed by atoms with Crippen LogP contribution in [-0.2, 0) is 34.5 Å². The van der Waals surface area contributed by atoms with Gasteiger partial charge in [0.1, 0.15) is 10.6 Å². The number of sulfonamides is 1. The number of carbonyl (C=O) groups is 2. The molecule has 176 valence electrons. The van der Waals surface area contributed by atoms with Crippen LogP contribution in [-0.4, -0.2) is 64.6 Å². The number of carbonyl (C=O) groups excluding carboxylic acids is 2. The molecule has 1 aliphatic heterocycles. The Labute approximate surface area is 192 Å². The number of anilines is 1. The van der Waals surface area contributed by atoms with Gasteiger partial charge in [-0.3, -0.25) is 9.59 Å². The summed E-state index contributed by atoms with van der Waals surface area (Å²) in [5.74, 6) is -0.828. The van der Waals surface area contributed by atoms with Crippen LogP contribution in [0.2, 0.25) is 0 Å². The summed E-state index contributed by atoms with van der Waals surface area (Å²) in [7, 11) is -2.46. The summed E-state index contributed by atoms with van der Waals surface area (Å²) in [6, 6.07) is 13.7. The zero-order valence-electron chi connectivity index (χ0n) is 18.3. The van der Waals surface area contributed by atoms with Gasteiger partial charge in [0.15, 0.2) is 6.61 Å². The number of amides is 1. The number of benzene rings is 2. The van der Waals surface area contributed by atoms with E-state index in [1.807, 2.05) is 30.3 Å². The molecule has 1 heterocycles. The molecule has 2 aliphatic rings. The van der Waals surface area contributed by atoms with Gasteiger partial charge in [-0.05, 0) is 36.6 Å². The van der Waals surface area contributed by atoms with Crippen LogP contribution >= 0.6 is 0 Å². The Balaban J connectivity index is 1.42. The van der Waals surface area contributed by atoms with Gasteiger partial charge < -0.3 is 19.5 Å². The second-order valence-corrected chi connectivity index (χ2v) is 9.86. The Kier molecular flexibility index (Phi) is 6.68. The zero-order valence-corrected chi connectivity index (χ0v) is 19.1. The number of nitrogens with zero attached hydrogens (tertiary/aromatic N) is 1. The first-order chi connectivity index (χ1) is 15.9. The quantitative estimate of drug-likeness (QED) is 0.582. The van der Waals surface area contributed by atoms with Gasteiger partial charge in [-0.1, -0.05) is 30.3 Å². The Morgan fingerprint density at radius 1 is 1.09 bits per heavy atom. The fraction of sp³-hybridized carbons (Fsp3) is 0.391. The average Bonchev–Trinajstić information content (AvgIpc) is 3.66. The monoisotopic (exact) mass is 474 g/mol. The van der Waals surface area contributed by atoms with Crippen LogP contribution in [0.5, 0.6) is 5.75 Å². The van der Waals surface area contributed by atoms with Crippen LogP contribution in [0.25, 0.3) is 0 Å². The smallest absolute Gasteiger partial charge is 0.317 e. The largest absolute Gasteiger partial charge is 0.495 e. The van der Waals surface area contributed by atoms with Gasteiger partial charge in [-0.15, -0.1) is 0 Å². The zero-order chi connectivity index (χ0) is 23.5. The van der Waals surface area contributed by atoms with E-state index in [-0.39, 0.29) is 29.4 Å². The van der Waals surface area contributed by atoms with Crippen molar-refractivity contribution in [2.45, 2.75) is 23.2 Å². The van der Waals surface area contributed by atoms with Crippen molar-refractivity contribution in [3.8, 4) is 5.75 Å². The van der Waals surface area contributed by atoms with Gasteiger partial charge >= 0.3 is 5.97 Å². The van der Waals surface area contributed by atoms with Crippen molar-refractivity contribution in [1.29, 1.82) is 0 Å². The number of hydrogen-bond acceptors (Lipinski definition) is 7. The molecule has 0 bridgehead atoms. The molecule has 0 spiro atoms. The number of ether oxygens (including phenoxy) is 3. The number of nitrogens with one attached hydrogen (secondary N) is 1. The summed E-state index contributed by atoms with van der Waals surface area (Å²) in [6.07, 6.45) is 1.36. The average molecular weight is 475 g/mol. The summed E-state index contributed by atoms with van der Waals surface area (Å²) in [5.41, 5.74) is 0.456. The van der Waals surface area contributed by atoms with Crippen LogP contribution < -0.4 is 10.1 Å². The highest BCUT2D eigenvalue weighted by Crippen LogP contribution is 2.49. The summed E-state index contributed by atoms with van der Waals surface area (Å²) in [4.78, 5) is 25.0. The molecule has 0 unspecified atom stereocenters. The first kappa shape index (κ1) is 23.2. The molecule has 4 rings (SSSR count). The van der Waals surface area contributed by atoms with Crippen molar-refractivity contribution in [1.82, 2.24) is 4.31 Å². The SMILES string of the molecule is COc1ccc(NC(=O)COC(=O)C2(c3ccccc3)CC2)cc1S(=O)(=O)N1CCOCC1. The van der Waals surface area contributed by atoms with Gasteiger partial charge in [0.25, 0.3) is 5.91 Å². The third-order valence-corrected chi connectivity index (χ3v) is 7.76. The topological polar surface area (TPSA) is 111 Å². The van der Waals surface area contributed by atoms with Crippen molar-refractivity contribution in [3.63, 3.8) is 0 Å². The Morgan fingerprint density at radius 2 is 1.79 bits per heavy atom. The fourth-order valence-corrected chi connectivity index (χ4v) is 5.43. The molecule has 1 N–H and O–H groups in total. The van der Waals surface area contributed by atoms with Crippen LogP contribution in [0.4, 0.5) is 5.69 Å². The van der Waals surface area contributed by atoms with Gasteiger partial charge in [-0.25, -0.2) is 8.42 Å². The highest BCUT2D eigenvalue weighted by molar-refractivity contribution is 7.89. The van der Waals surface area contributed by atoms with E-state index in [9.17, 15) is 18.0 Å². The maximum Gasteiger partial charge on any atom is 0.317 e. The maximum atomic E-state index is 13.1. The standard InChI is InChI=1S/C23H26N2O7S/c1-30-19-8-7-18(15-20(19)33(28,29)25-11-13-31-14-12-25)24-21(26)16-32-22(27)23(9-10-23)17-5-3-2-4-6-17/h2-8,15H,9-14,16H2,1H3,(H,24,26). The molecule has 0 aromatic heterocycles. The molecule has 2 aromatic carbocycles. The van der Waals surface area contributed by atoms with Gasteiger partial charge in [0.05, 0.1) is 25.7 Å². The molecule has 0 radical (unpaired) electrons. The van der Waals surface area contributed by atoms with Crippen LogP contribution in [0.15, 0.2) is 53.4 Å². The molecule has 1 aliphatic carbocycles. The van der Waals surface area contributed by atoms with E-state index in [4.69, 9.17) is 14.2 Å². The Bertz CT molecular complexity index is 1120.